The summed E-state index contributed by atoms with van der Waals surface area (Å²) in [5.74, 6) is 1.36. The van der Waals surface area contributed by atoms with Gasteiger partial charge in [0.1, 0.15) is 18.1 Å². The standard InChI is InChI=1S/C27H31NO3/c1-6-19-11-14-22(15-12-19)28-26(29)20-13-16-24(30-5)21(17-20)18-31-25-10-8-7-9-23(25)27(2,3)4/h7-17H,6,18H2,1-5H3,(H,28,29). The molecule has 3 rings (SSSR count). The van der Waals surface area contributed by atoms with Crippen molar-refractivity contribution in [2.45, 2.75) is 46.1 Å². The molecule has 0 heterocycles. The molecule has 0 bridgehead atoms. The zero-order valence-electron chi connectivity index (χ0n) is 19.0. The Morgan fingerprint density at radius 2 is 1.65 bits per heavy atom. The number of nitrogens with one attached hydrogen (secondary N) is 1. The SMILES string of the molecule is CCc1ccc(NC(=O)c2ccc(OC)c(COc3ccccc3C(C)(C)C)c2)cc1. The predicted molar refractivity (Wildman–Crippen MR) is 126 cm³/mol. The summed E-state index contributed by atoms with van der Waals surface area (Å²) < 4.78 is 11.7. The zero-order valence-corrected chi connectivity index (χ0v) is 19.0. The maximum atomic E-state index is 12.8. The molecular weight excluding hydrogens is 386 g/mol. The van der Waals surface area contributed by atoms with Crippen LogP contribution in [0, 0.1) is 0 Å². The number of anilines is 1. The molecular formula is C27H31NO3. The lowest BCUT2D eigenvalue weighted by atomic mass is 9.86. The van der Waals surface area contributed by atoms with Crippen LogP contribution in [0.15, 0.2) is 66.7 Å². The van der Waals surface area contributed by atoms with E-state index in [1.165, 1.54) is 5.56 Å². The van der Waals surface area contributed by atoms with Gasteiger partial charge in [-0.2, -0.15) is 0 Å². The molecule has 0 aliphatic carbocycles. The number of methoxy groups -OCH3 is 1. The van der Waals surface area contributed by atoms with Crippen molar-refractivity contribution in [3.05, 3.63) is 89.0 Å². The Labute approximate surface area is 185 Å². The van der Waals surface area contributed by atoms with Crippen LogP contribution in [0.2, 0.25) is 0 Å². The lowest BCUT2D eigenvalue weighted by Gasteiger charge is -2.23. The first kappa shape index (κ1) is 22.4. The van der Waals surface area contributed by atoms with Crippen molar-refractivity contribution >= 4 is 11.6 Å². The Kier molecular flexibility index (Phi) is 7.01. The van der Waals surface area contributed by atoms with Gasteiger partial charge >= 0.3 is 0 Å². The number of ether oxygens (including phenoxy) is 2. The fourth-order valence-electron chi connectivity index (χ4n) is 3.43. The fraction of sp³-hybridized carbons (Fsp3) is 0.296. The van der Waals surface area contributed by atoms with Gasteiger partial charge in [0.15, 0.2) is 0 Å². The lowest BCUT2D eigenvalue weighted by molar-refractivity contribution is 0.102. The second-order valence-corrected chi connectivity index (χ2v) is 8.57. The van der Waals surface area contributed by atoms with E-state index in [4.69, 9.17) is 9.47 Å². The Morgan fingerprint density at radius 1 is 0.935 bits per heavy atom. The van der Waals surface area contributed by atoms with Crippen molar-refractivity contribution in [1.29, 1.82) is 0 Å². The van der Waals surface area contributed by atoms with Crippen molar-refractivity contribution in [3.63, 3.8) is 0 Å². The molecule has 4 nitrogen and oxygen atoms in total. The van der Waals surface area contributed by atoms with Crippen molar-refractivity contribution in [2.75, 3.05) is 12.4 Å². The number of hydrogen-bond donors (Lipinski definition) is 1. The van der Waals surface area contributed by atoms with Crippen LogP contribution in [0.3, 0.4) is 0 Å². The molecule has 0 atom stereocenters. The highest BCUT2D eigenvalue weighted by molar-refractivity contribution is 6.04. The van der Waals surface area contributed by atoms with E-state index in [0.29, 0.717) is 17.9 Å². The summed E-state index contributed by atoms with van der Waals surface area (Å²) in [6.07, 6.45) is 0.967. The van der Waals surface area contributed by atoms with Crippen LogP contribution in [0.5, 0.6) is 11.5 Å². The monoisotopic (exact) mass is 417 g/mol. The Morgan fingerprint density at radius 3 is 2.29 bits per heavy atom. The maximum absolute atomic E-state index is 12.8. The Balaban J connectivity index is 1.78. The minimum atomic E-state index is -0.164. The number of carbonyl (C=O) groups excluding carboxylic acids is 1. The van der Waals surface area contributed by atoms with E-state index < -0.39 is 0 Å². The molecule has 0 aliphatic heterocycles. The van der Waals surface area contributed by atoms with Crippen LogP contribution < -0.4 is 14.8 Å². The van der Waals surface area contributed by atoms with Gasteiger partial charge in [-0.15, -0.1) is 0 Å². The topological polar surface area (TPSA) is 47.6 Å². The average Bonchev–Trinajstić information content (AvgIpc) is 2.77. The average molecular weight is 418 g/mol. The van der Waals surface area contributed by atoms with Crippen molar-refractivity contribution in [2.24, 2.45) is 0 Å². The third-order valence-electron chi connectivity index (χ3n) is 5.24. The molecule has 0 spiro atoms. The van der Waals surface area contributed by atoms with Crippen LogP contribution in [0.1, 0.15) is 54.7 Å². The van der Waals surface area contributed by atoms with Crippen molar-refractivity contribution < 1.29 is 14.3 Å². The Hall–Kier alpha value is -3.27. The van der Waals surface area contributed by atoms with Gasteiger partial charge in [-0.3, -0.25) is 4.79 Å². The molecule has 0 aromatic heterocycles. The van der Waals surface area contributed by atoms with Crippen LogP contribution in [-0.4, -0.2) is 13.0 Å². The quantitative estimate of drug-likeness (QED) is 0.485. The first-order chi connectivity index (χ1) is 14.8. The van der Waals surface area contributed by atoms with E-state index in [2.05, 4.69) is 39.1 Å². The largest absolute Gasteiger partial charge is 0.496 e. The van der Waals surface area contributed by atoms with Gasteiger partial charge in [-0.05, 0) is 59.4 Å². The van der Waals surface area contributed by atoms with Gasteiger partial charge in [0.2, 0.25) is 0 Å². The van der Waals surface area contributed by atoms with Crippen LogP contribution >= 0.6 is 0 Å². The van der Waals surface area contributed by atoms with E-state index in [9.17, 15) is 4.79 Å². The molecule has 1 N–H and O–H groups in total. The molecule has 0 fully saturated rings. The summed E-state index contributed by atoms with van der Waals surface area (Å²) in [6.45, 7) is 8.90. The smallest absolute Gasteiger partial charge is 0.255 e. The van der Waals surface area contributed by atoms with E-state index >= 15 is 0 Å². The molecule has 162 valence electrons. The molecule has 1 amide bonds. The first-order valence-corrected chi connectivity index (χ1v) is 10.6. The third-order valence-corrected chi connectivity index (χ3v) is 5.24. The highest BCUT2D eigenvalue weighted by atomic mass is 16.5. The summed E-state index contributed by atoms with van der Waals surface area (Å²) in [5.41, 5.74) is 4.49. The van der Waals surface area contributed by atoms with Gasteiger partial charge in [-0.1, -0.05) is 58.0 Å². The molecule has 0 radical (unpaired) electrons. The highest BCUT2D eigenvalue weighted by Gasteiger charge is 2.19. The molecule has 3 aromatic carbocycles. The summed E-state index contributed by atoms with van der Waals surface area (Å²) in [4.78, 5) is 12.8. The number of amides is 1. The van der Waals surface area contributed by atoms with E-state index in [1.54, 1.807) is 13.2 Å². The fourth-order valence-corrected chi connectivity index (χ4v) is 3.43. The Bertz CT molecular complexity index is 1030. The van der Waals surface area contributed by atoms with Crippen molar-refractivity contribution in [1.82, 2.24) is 0 Å². The molecule has 0 unspecified atom stereocenters. The van der Waals surface area contributed by atoms with Crippen LogP contribution in [0.25, 0.3) is 0 Å². The van der Waals surface area contributed by atoms with E-state index in [-0.39, 0.29) is 11.3 Å². The van der Waals surface area contributed by atoms with Gasteiger partial charge in [0.05, 0.1) is 7.11 Å². The first-order valence-electron chi connectivity index (χ1n) is 10.6. The number of para-hydroxylation sites is 1. The minimum Gasteiger partial charge on any atom is -0.496 e. The number of rotatable bonds is 7. The molecule has 4 heteroatoms. The van der Waals surface area contributed by atoms with Gasteiger partial charge < -0.3 is 14.8 Å². The maximum Gasteiger partial charge on any atom is 0.255 e. The number of hydrogen-bond acceptors (Lipinski definition) is 3. The molecule has 0 aliphatic rings. The molecule has 0 saturated carbocycles. The summed E-state index contributed by atoms with van der Waals surface area (Å²) >= 11 is 0. The van der Waals surface area contributed by atoms with E-state index in [0.717, 1.165) is 29.0 Å². The lowest BCUT2D eigenvalue weighted by Crippen LogP contribution is -2.14. The van der Waals surface area contributed by atoms with Gasteiger partial charge in [0.25, 0.3) is 5.91 Å². The molecule has 31 heavy (non-hydrogen) atoms. The zero-order chi connectivity index (χ0) is 22.4. The summed E-state index contributed by atoms with van der Waals surface area (Å²) in [5, 5.41) is 2.96. The number of benzene rings is 3. The number of carbonyl (C=O) groups is 1. The summed E-state index contributed by atoms with van der Waals surface area (Å²) in [7, 11) is 1.62. The summed E-state index contributed by atoms with van der Waals surface area (Å²) in [6, 6.07) is 21.3. The molecule has 3 aromatic rings. The number of aryl methyl sites for hydroxylation is 1. The van der Waals surface area contributed by atoms with Crippen molar-refractivity contribution in [3.8, 4) is 11.5 Å². The minimum absolute atomic E-state index is 0.0320. The molecule has 0 saturated heterocycles. The van der Waals surface area contributed by atoms with Crippen LogP contribution in [-0.2, 0) is 18.4 Å². The second-order valence-electron chi connectivity index (χ2n) is 8.57. The van der Waals surface area contributed by atoms with E-state index in [1.807, 2.05) is 54.6 Å². The normalized spacial score (nSPS) is 11.1. The third kappa shape index (κ3) is 5.66. The second kappa shape index (κ2) is 9.69. The van der Waals surface area contributed by atoms with Gasteiger partial charge in [0, 0.05) is 16.8 Å². The predicted octanol–water partition coefficient (Wildman–Crippen LogP) is 6.39. The van der Waals surface area contributed by atoms with Crippen LogP contribution in [0.4, 0.5) is 5.69 Å². The highest BCUT2D eigenvalue weighted by Crippen LogP contribution is 2.32. The van der Waals surface area contributed by atoms with Gasteiger partial charge in [-0.25, -0.2) is 0 Å².